The van der Waals surface area contributed by atoms with E-state index in [0.29, 0.717) is 0 Å². The molecule has 14 bridgehead atoms. The molecule has 35 atom stereocenters. The zero-order valence-electron chi connectivity index (χ0n) is 40.3. The minimum Gasteiger partial charge on any atom is -0.394 e. The number of aliphatic hydroxyl groups excluding tert-OH is 21. The third-order valence-electron chi connectivity index (χ3n) is 14.8. The zero-order valence-corrected chi connectivity index (χ0v) is 40.3. The Bertz CT molecular complexity index is 1470. The smallest absolute Gasteiger partial charge is 0.187 e. The standard InChI is InChI=1S/C42H70O35/c43-1-8-29-15(50)22(57)36(64-8)72-30-9(2-44)66-38(24(59)17(30)52)74-32-11(4-46)68-40(26(61)19(32)54)76-34-13(6-48)70-42(28(63)21(34)56)77-35-14(7-49)69-41(27(62)20(35)55)75-33-12(5-47)67-39(25(60)18(33)53)73-31-10(3-45)65-37(71-29)23(58)16(31)51/h8-63H,1-7H2/t8-,9-,10-,11-,12-,13-,14-,15-,16-,17-,18-,19-,20-,21?,22+,23+,24-,25-,26+,27+,28-,29+,30+,31-,32+,33+,34+,35-,36?,37?,38?,39?,40?,41?,42?/m1/s1. The van der Waals surface area contributed by atoms with Gasteiger partial charge in [-0.25, -0.2) is 0 Å². The summed E-state index contributed by atoms with van der Waals surface area (Å²) in [6, 6.07) is 0. The van der Waals surface area contributed by atoms with Crippen molar-refractivity contribution in [3.05, 3.63) is 0 Å². The molecule has 35 nitrogen and oxygen atoms in total. The zero-order chi connectivity index (χ0) is 56.1. The Morgan fingerprint density at radius 2 is 0.260 bits per heavy atom. The van der Waals surface area contributed by atoms with E-state index in [9.17, 15) is 107 Å². The molecule has 21 aliphatic heterocycles. The van der Waals surface area contributed by atoms with Crippen molar-refractivity contribution in [1.29, 1.82) is 0 Å². The van der Waals surface area contributed by atoms with E-state index in [-0.39, 0.29) is 0 Å². The van der Waals surface area contributed by atoms with E-state index in [2.05, 4.69) is 0 Å². The van der Waals surface area contributed by atoms with Crippen LogP contribution in [0.2, 0.25) is 0 Å². The molecule has 21 N–H and O–H groups in total. The fraction of sp³-hybridized carbons (Fsp3) is 1.00. The van der Waals surface area contributed by atoms with E-state index in [1.807, 2.05) is 0 Å². The Morgan fingerprint density at radius 1 is 0.156 bits per heavy atom. The fourth-order valence-corrected chi connectivity index (χ4v) is 10.4. The highest BCUT2D eigenvalue weighted by Crippen LogP contribution is 2.39. The second-order valence-corrected chi connectivity index (χ2v) is 19.7. The number of rotatable bonds is 7. The molecule has 0 aliphatic carbocycles. The first-order valence-electron chi connectivity index (χ1n) is 24.6. The van der Waals surface area contributed by atoms with E-state index in [4.69, 9.17) is 66.3 Å². The molecule has 0 spiro atoms. The van der Waals surface area contributed by atoms with Gasteiger partial charge in [0.1, 0.15) is 171 Å². The van der Waals surface area contributed by atoms with Gasteiger partial charge in [-0.2, -0.15) is 0 Å². The van der Waals surface area contributed by atoms with Gasteiger partial charge in [-0.15, -0.1) is 0 Å². The Hall–Kier alpha value is -1.40. The molecule has 21 saturated heterocycles. The fourth-order valence-electron chi connectivity index (χ4n) is 10.4. The van der Waals surface area contributed by atoms with E-state index >= 15 is 0 Å². The lowest BCUT2D eigenvalue weighted by atomic mass is 9.95. The van der Waals surface area contributed by atoms with Gasteiger partial charge in [0.15, 0.2) is 44.0 Å². The van der Waals surface area contributed by atoms with E-state index in [1.54, 1.807) is 0 Å². The number of ether oxygens (including phenoxy) is 14. The summed E-state index contributed by atoms with van der Waals surface area (Å²) in [6.45, 7) is -7.33. The first-order valence-corrected chi connectivity index (χ1v) is 24.6. The maximum atomic E-state index is 11.3. The molecule has 0 saturated carbocycles. The average Bonchev–Trinajstić information content (AvgIpc) is 3.45. The van der Waals surface area contributed by atoms with Gasteiger partial charge in [0.05, 0.1) is 46.2 Å². The van der Waals surface area contributed by atoms with E-state index in [1.165, 1.54) is 0 Å². The van der Waals surface area contributed by atoms with Crippen LogP contribution in [0.3, 0.4) is 0 Å². The van der Waals surface area contributed by atoms with Crippen LogP contribution in [0, 0.1) is 0 Å². The molecule has 0 radical (unpaired) electrons. The lowest BCUT2D eigenvalue weighted by Crippen LogP contribution is -2.68. The number of hydrogen-bond donors (Lipinski definition) is 21. The van der Waals surface area contributed by atoms with Crippen molar-refractivity contribution in [2.45, 2.75) is 215 Å². The van der Waals surface area contributed by atoms with Gasteiger partial charge in [0.2, 0.25) is 0 Å². The Labute approximate surface area is 434 Å². The summed E-state index contributed by atoms with van der Waals surface area (Å²) in [5.41, 5.74) is 0. The van der Waals surface area contributed by atoms with E-state index < -0.39 is 261 Å². The number of hydrogen-bond acceptors (Lipinski definition) is 35. The molecule has 0 aromatic carbocycles. The highest BCUT2D eigenvalue weighted by molar-refractivity contribution is 5.01. The Morgan fingerprint density at radius 3 is 0.351 bits per heavy atom. The molecule has 448 valence electrons. The van der Waals surface area contributed by atoms with Gasteiger partial charge >= 0.3 is 0 Å². The minimum atomic E-state index is -2.21. The monoisotopic (exact) mass is 1130 g/mol. The van der Waals surface area contributed by atoms with Gasteiger partial charge in [-0.05, 0) is 0 Å². The molecule has 21 heterocycles. The molecule has 8 unspecified atom stereocenters. The summed E-state index contributed by atoms with van der Waals surface area (Å²) in [6.07, 6.45) is -70.2. The van der Waals surface area contributed by atoms with Gasteiger partial charge in [-0.3, -0.25) is 0 Å². The first-order chi connectivity index (χ1) is 36.7. The topological polar surface area (TPSA) is 554 Å². The molecule has 21 rings (SSSR count). The van der Waals surface area contributed by atoms with Crippen LogP contribution in [0.5, 0.6) is 0 Å². The molecular formula is C42H70O35. The summed E-state index contributed by atoms with van der Waals surface area (Å²) < 4.78 is 79.5. The van der Waals surface area contributed by atoms with Crippen molar-refractivity contribution in [2.24, 2.45) is 0 Å². The average molecular weight is 1130 g/mol. The second kappa shape index (κ2) is 26.0. The predicted octanol–water partition coefficient (Wildman–Crippen LogP) is -15.2. The van der Waals surface area contributed by atoms with Gasteiger partial charge in [0.25, 0.3) is 0 Å². The van der Waals surface area contributed by atoms with Crippen LogP contribution in [-0.2, 0) is 66.3 Å². The summed E-state index contributed by atoms with van der Waals surface area (Å²) in [5, 5.41) is 230. The van der Waals surface area contributed by atoms with Crippen molar-refractivity contribution < 1.29 is 174 Å². The maximum absolute atomic E-state index is 11.3. The quantitative estimate of drug-likeness (QED) is 0.113. The summed E-state index contributed by atoms with van der Waals surface area (Å²) in [5.74, 6) is 0. The van der Waals surface area contributed by atoms with Crippen LogP contribution < -0.4 is 0 Å². The molecule has 21 fully saturated rings. The maximum Gasteiger partial charge on any atom is 0.187 e. The third-order valence-corrected chi connectivity index (χ3v) is 14.8. The normalized spacial score (nSPS) is 55.4. The summed E-state index contributed by atoms with van der Waals surface area (Å²) >= 11 is 0. The van der Waals surface area contributed by atoms with Crippen molar-refractivity contribution in [3.8, 4) is 0 Å². The SMILES string of the molecule is OC[C@H]1OC2O[C@@H]3[C@H](O)[C@@H](O)C(O[C@@H]4[C@H](O)[C@H](O)C(O[C@@H]5C(O)[C@@H](O)C(O[C@H]6[C@H](O)[C@H](O)C(O[C@@H]7[C@H](O)[C@@H](O)C(O[C@H]8[C@H](O)[C@H](O)C(O[C@@H]1[C@H](O)[C@@H]2O)O[C@@H]8CO)O[C@@H]7CO)O[C@@H]6CO)O[C@@H]5CO)O[C@@H]4CO)O[C@@H]3CO. The highest BCUT2D eigenvalue weighted by atomic mass is 16.8. The van der Waals surface area contributed by atoms with Gasteiger partial charge < -0.3 is 174 Å². The highest BCUT2D eigenvalue weighted by Gasteiger charge is 2.59. The van der Waals surface area contributed by atoms with Crippen LogP contribution in [0.15, 0.2) is 0 Å². The Balaban J connectivity index is 1.08. The van der Waals surface area contributed by atoms with Crippen molar-refractivity contribution >= 4 is 0 Å². The lowest BCUT2D eigenvalue weighted by Gasteiger charge is -2.50. The van der Waals surface area contributed by atoms with Crippen LogP contribution in [-0.4, -0.2) is 368 Å². The van der Waals surface area contributed by atoms with Crippen LogP contribution >= 0.6 is 0 Å². The summed E-state index contributed by atoms with van der Waals surface area (Å²) in [4.78, 5) is 0. The van der Waals surface area contributed by atoms with Crippen molar-refractivity contribution in [1.82, 2.24) is 0 Å². The number of aliphatic hydroxyl groups is 21. The van der Waals surface area contributed by atoms with Gasteiger partial charge in [0, 0.05) is 0 Å². The van der Waals surface area contributed by atoms with Gasteiger partial charge in [-0.1, -0.05) is 0 Å². The first kappa shape index (κ1) is 61.7. The second-order valence-electron chi connectivity index (χ2n) is 19.7. The molecule has 77 heavy (non-hydrogen) atoms. The predicted molar refractivity (Wildman–Crippen MR) is 228 cm³/mol. The molecule has 0 aromatic rings. The van der Waals surface area contributed by atoms with Crippen molar-refractivity contribution in [2.75, 3.05) is 46.2 Å². The van der Waals surface area contributed by atoms with Crippen LogP contribution in [0.4, 0.5) is 0 Å². The van der Waals surface area contributed by atoms with Crippen LogP contribution in [0.1, 0.15) is 0 Å². The minimum absolute atomic E-state index is 1.05. The summed E-state index contributed by atoms with van der Waals surface area (Å²) in [7, 11) is 0. The lowest BCUT2D eigenvalue weighted by molar-refractivity contribution is -0.396. The Kier molecular flexibility index (Phi) is 20.8. The largest absolute Gasteiger partial charge is 0.394 e. The molecule has 35 heteroatoms. The molecule has 0 amide bonds. The molecule has 21 aliphatic rings. The molecular weight excluding hydrogens is 1060 g/mol. The van der Waals surface area contributed by atoms with Crippen LogP contribution in [0.25, 0.3) is 0 Å². The van der Waals surface area contributed by atoms with E-state index in [0.717, 1.165) is 0 Å². The molecule has 0 aromatic heterocycles. The third kappa shape index (κ3) is 12.1. The van der Waals surface area contributed by atoms with Crippen molar-refractivity contribution in [3.63, 3.8) is 0 Å².